The zero-order chi connectivity index (χ0) is 60.1. The fraction of sp³-hybridized carbons (Fsp3) is 0. The van der Waals surface area contributed by atoms with Gasteiger partial charge in [0, 0.05) is 96.4 Å². The Kier molecular flexibility index (Phi) is 13.1. The van der Waals surface area contributed by atoms with E-state index in [0.717, 1.165) is 150 Å². The van der Waals surface area contributed by atoms with Crippen molar-refractivity contribution >= 4 is 43.6 Å². The van der Waals surface area contributed by atoms with Crippen molar-refractivity contribution in [1.82, 2.24) is 29.1 Å². The van der Waals surface area contributed by atoms with Gasteiger partial charge < -0.3 is 9.13 Å². The van der Waals surface area contributed by atoms with Crippen molar-refractivity contribution in [3.8, 4) is 124 Å². The fourth-order valence-corrected chi connectivity index (χ4v) is 12.7. The molecule has 0 aliphatic rings. The zero-order valence-corrected chi connectivity index (χ0v) is 48.4. The number of hydrogen-bond donors (Lipinski definition) is 0. The van der Waals surface area contributed by atoms with Crippen LogP contribution in [0.3, 0.4) is 0 Å². The van der Waals surface area contributed by atoms with Crippen LogP contribution < -0.4 is 0 Å². The van der Waals surface area contributed by atoms with Crippen LogP contribution in [-0.4, -0.2) is 29.1 Å². The van der Waals surface area contributed by atoms with Crippen LogP contribution in [0.2, 0.25) is 0 Å². The molecular formula is C82H50N8. The molecule has 16 aromatic rings. The van der Waals surface area contributed by atoms with Crippen molar-refractivity contribution in [2.45, 2.75) is 0 Å². The average molecular weight is 1150 g/mol. The Labute approximate surface area is 519 Å². The molecule has 0 atom stereocenters. The lowest BCUT2D eigenvalue weighted by atomic mass is 9.96. The van der Waals surface area contributed by atoms with Gasteiger partial charge in [-0.05, 0) is 101 Å². The molecule has 6 aromatic heterocycles. The second kappa shape index (κ2) is 22.3. The van der Waals surface area contributed by atoms with Gasteiger partial charge in [0.15, 0.2) is 0 Å². The summed E-state index contributed by atoms with van der Waals surface area (Å²) in [5.74, 6) is 0. The minimum absolute atomic E-state index is 0.448. The Bertz CT molecular complexity index is 5210. The lowest BCUT2D eigenvalue weighted by Crippen LogP contribution is -2.06. The molecule has 0 fully saturated rings. The monoisotopic (exact) mass is 1150 g/mol. The maximum atomic E-state index is 11.6. The Balaban J connectivity index is 0.982. The van der Waals surface area contributed by atoms with Crippen molar-refractivity contribution in [3.05, 3.63) is 315 Å². The highest BCUT2D eigenvalue weighted by Crippen LogP contribution is 2.45. The normalized spacial score (nSPS) is 11.3. The highest BCUT2D eigenvalue weighted by atomic mass is 15.1. The summed E-state index contributed by atoms with van der Waals surface area (Å²) in [7, 11) is 0. The van der Waals surface area contributed by atoms with Crippen molar-refractivity contribution in [1.29, 1.82) is 10.5 Å². The maximum absolute atomic E-state index is 11.6. The number of nitrogens with zero attached hydrogens (tertiary/aromatic N) is 8. The quantitative estimate of drug-likeness (QED) is 0.128. The smallest absolute Gasteiger partial charge is 0.0998 e. The zero-order valence-electron chi connectivity index (χ0n) is 48.4. The van der Waals surface area contributed by atoms with Crippen molar-refractivity contribution in [3.63, 3.8) is 0 Å². The topological polar surface area (TPSA) is 109 Å². The average Bonchev–Trinajstić information content (AvgIpc) is 1.58. The summed E-state index contributed by atoms with van der Waals surface area (Å²) >= 11 is 0. The van der Waals surface area contributed by atoms with Gasteiger partial charge >= 0.3 is 0 Å². The van der Waals surface area contributed by atoms with E-state index in [9.17, 15) is 10.5 Å². The van der Waals surface area contributed by atoms with E-state index in [0.29, 0.717) is 16.7 Å². The molecule has 0 N–H and O–H groups in total. The Morgan fingerprint density at radius 3 is 0.856 bits per heavy atom. The van der Waals surface area contributed by atoms with Crippen molar-refractivity contribution in [2.75, 3.05) is 0 Å². The van der Waals surface area contributed by atoms with Crippen LogP contribution in [-0.2, 0) is 0 Å². The largest absolute Gasteiger partial charge is 0.307 e. The number of hydrogen-bond acceptors (Lipinski definition) is 6. The third kappa shape index (κ3) is 9.51. The summed E-state index contributed by atoms with van der Waals surface area (Å²) in [6.45, 7) is 0. The highest BCUT2D eigenvalue weighted by Gasteiger charge is 2.25. The molecule has 418 valence electrons. The third-order valence-electron chi connectivity index (χ3n) is 17.2. The molecule has 0 radical (unpaired) electrons. The first kappa shape index (κ1) is 52.9. The second-order valence-electron chi connectivity index (χ2n) is 22.5. The molecule has 0 aliphatic carbocycles. The number of aromatic nitrogens is 6. The second-order valence-corrected chi connectivity index (χ2v) is 22.5. The molecule has 0 aliphatic heterocycles. The molecule has 8 nitrogen and oxygen atoms in total. The first-order chi connectivity index (χ1) is 44.5. The molecule has 0 amide bonds. The molecule has 0 unspecified atom stereocenters. The summed E-state index contributed by atoms with van der Waals surface area (Å²) in [5.41, 5.74) is 23.3. The lowest BCUT2D eigenvalue weighted by Gasteiger charge is -2.20. The molecular weight excluding hydrogens is 1100 g/mol. The molecule has 0 saturated carbocycles. The van der Waals surface area contributed by atoms with Gasteiger partial charge in [-0.15, -0.1) is 0 Å². The summed E-state index contributed by atoms with van der Waals surface area (Å²) in [5, 5.41) is 26.1. The Morgan fingerprint density at radius 2 is 0.556 bits per heavy atom. The van der Waals surface area contributed by atoms with Crippen LogP contribution in [0.1, 0.15) is 11.1 Å². The van der Waals surface area contributed by atoms with Crippen LogP contribution in [0.25, 0.3) is 156 Å². The third-order valence-corrected chi connectivity index (χ3v) is 17.2. The number of fused-ring (bicyclic) bond motifs is 6. The minimum atomic E-state index is 0.448. The van der Waals surface area contributed by atoms with Crippen LogP contribution >= 0.6 is 0 Å². The molecule has 0 bridgehead atoms. The number of nitriles is 2. The van der Waals surface area contributed by atoms with Gasteiger partial charge in [-0.1, -0.05) is 206 Å². The van der Waals surface area contributed by atoms with E-state index in [1.54, 1.807) is 6.07 Å². The van der Waals surface area contributed by atoms with Crippen LogP contribution in [0, 0.1) is 22.7 Å². The van der Waals surface area contributed by atoms with Crippen molar-refractivity contribution < 1.29 is 0 Å². The highest BCUT2D eigenvalue weighted by molar-refractivity contribution is 6.14. The minimum Gasteiger partial charge on any atom is -0.307 e. The molecule has 8 heteroatoms. The molecule has 16 rings (SSSR count). The summed E-state index contributed by atoms with van der Waals surface area (Å²) < 4.78 is 4.71. The van der Waals surface area contributed by atoms with E-state index in [2.05, 4.69) is 197 Å². The maximum Gasteiger partial charge on any atom is 0.0998 e. The predicted molar refractivity (Wildman–Crippen MR) is 365 cm³/mol. The molecule has 90 heavy (non-hydrogen) atoms. The summed E-state index contributed by atoms with van der Waals surface area (Å²) in [6, 6.07) is 101. The van der Waals surface area contributed by atoms with E-state index < -0.39 is 0 Å². The Morgan fingerprint density at radius 1 is 0.244 bits per heavy atom. The lowest BCUT2D eigenvalue weighted by molar-refractivity contribution is 1.09. The Hall–Kier alpha value is -12.6. The van der Waals surface area contributed by atoms with Gasteiger partial charge in [-0.25, -0.2) is 0 Å². The molecule has 0 spiro atoms. The van der Waals surface area contributed by atoms with E-state index >= 15 is 0 Å². The van der Waals surface area contributed by atoms with E-state index in [4.69, 9.17) is 19.9 Å². The van der Waals surface area contributed by atoms with Gasteiger partial charge in [-0.2, -0.15) is 10.5 Å². The van der Waals surface area contributed by atoms with Crippen LogP contribution in [0.15, 0.2) is 304 Å². The first-order valence-corrected chi connectivity index (χ1v) is 29.8. The predicted octanol–water partition coefficient (Wildman–Crippen LogP) is 20.2. The van der Waals surface area contributed by atoms with Gasteiger partial charge in [0.05, 0.1) is 79.5 Å². The van der Waals surface area contributed by atoms with Gasteiger partial charge in [0.25, 0.3) is 0 Å². The number of pyridine rings is 4. The molecule has 10 aromatic carbocycles. The van der Waals surface area contributed by atoms with Gasteiger partial charge in [-0.3, -0.25) is 19.9 Å². The van der Waals surface area contributed by atoms with E-state index in [1.807, 2.05) is 122 Å². The van der Waals surface area contributed by atoms with E-state index in [1.165, 1.54) is 0 Å². The van der Waals surface area contributed by atoms with Gasteiger partial charge in [0.1, 0.15) is 0 Å². The summed E-state index contributed by atoms with van der Waals surface area (Å²) in [4.78, 5) is 20.0. The SMILES string of the molecule is N#Cc1cccc(-c2cc(-n3c4cc(-c5ccc(-c6ccccc6)nc5)ccc4c4ccc(-c5ccc(-c6ccccc6)nc5)cc43)c(-n3c4cc(-c5ccc(-c6ccccc6)nc5)ccc4c4ccc(-c5ccc(-c6ccccc6)nc5)cc43)cc2C#N)c1. The summed E-state index contributed by atoms with van der Waals surface area (Å²) in [6.07, 6.45) is 7.81. The van der Waals surface area contributed by atoms with Gasteiger partial charge in [0.2, 0.25) is 0 Å². The van der Waals surface area contributed by atoms with Crippen LogP contribution in [0.5, 0.6) is 0 Å². The van der Waals surface area contributed by atoms with Crippen LogP contribution in [0.4, 0.5) is 0 Å². The first-order valence-electron chi connectivity index (χ1n) is 29.8. The molecule has 6 heterocycles. The standard InChI is InChI=1S/C82H50N8/c83-47-53-14-13-23-62(40-53)72-46-82(90-79-43-60(65-30-38-75(87-51-65)56-19-9-3-10-20-56)26-34-70(79)71-35-27-61(44-80(71)90)66-31-39-76(88-52-66)57-21-11-4-12-22-57)81(45-67(72)48-84)89-77-41-58(63-28-36-73(85-49-63)54-15-5-1-6-16-54)24-32-68(77)69-33-25-59(42-78(69)89)64-29-37-74(86-50-64)55-17-7-2-8-18-55/h1-46,49-52H. The van der Waals surface area contributed by atoms with Crippen molar-refractivity contribution in [2.24, 2.45) is 0 Å². The number of rotatable bonds is 11. The number of benzene rings is 10. The van der Waals surface area contributed by atoms with E-state index in [-0.39, 0.29) is 0 Å². The molecule has 0 saturated heterocycles. The fourth-order valence-electron chi connectivity index (χ4n) is 12.7.